The molecule has 1 aliphatic heterocycles. The summed E-state index contributed by atoms with van der Waals surface area (Å²) in [5.74, 6) is 1.45. The number of amides is 1. The van der Waals surface area contributed by atoms with Crippen molar-refractivity contribution in [3.8, 4) is 5.75 Å². The Morgan fingerprint density at radius 2 is 2.20 bits per heavy atom. The van der Waals surface area contributed by atoms with E-state index >= 15 is 0 Å². The molecule has 5 nitrogen and oxygen atoms in total. The number of nitrogens with zero attached hydrogens (tertiary/aromatic N) is 2. The van der Waals surface area contributed by atoms with Gasteiger partial charge >= 0.3 is 0 Å². The Kier molecular flexibility index (Phi) is 3.60. The molecule has 3 rings (SSSR count). The van der Waals surface area contributed by atoms with Crippen LogP contribution in [-0.2, 0) is 17.8 Å². The maximum atomic E-state index is 12.1. The Morgan fingerprint density at radius 3 is 3.00 bits per heavy atom. The number of ether oxygens (including phenoxy) is 1. The molecule has 1 amide bonds. The molecule has 1 aromatic heterocycles. The number of hydrogen-bond acceptors (Lipinski definition) is 4. The molecule has 104 valence electrons. The van der Waals surface area contributed by atoms with E-state index in [2.05, 4.69) is 5.16 Å². The fourth-order valence-electron chi connectivity index (χ4n) is 2.12. The van der Waals surface area contributed by atoms with Gasteiger partial charge in [-0.25, -0.2) is 0 Å². The number of carbonyl (C=O) groups is 1. The molecule has 1 aliphatic rings. The van der Waals surface area contributed by atoms with Crippen LogP contribution in [0.5, 0.6) is 5.75 Å². The van der Waals surface area contributed by atoms with Crippen molar-refractivity contribution in [3.63, 3.8) is 0 Å². The highest BCUT2D eigenvalue weighted by Gasteiger charge is 2.23. The van der Waals surface area contributed by atoms with Gasteiger partial charge in [0.15, 0.2) is 6.61 Å². The quantitative estimate of drug-likeness (QED) is 0.871. The Hall–Kier alpha value is -2.01. The molecular weight excluding hydrogens is 280 g/mol. The summed E-state index contributed by atoms with van der Waals surface area (Å²) in [5, 5.41) is 4.38. The molecule has 2 heterocycles. The molecule has 0 radical (unpaired) electrons. The van der Waals surface area contributed by atoms with E-state index in [-0.39, 0.29) is 12.5 Å². The summed E-state index contributed by atoms with van der Waals surface area (Å²) >= 11 is 5.79. The lowest BCUT2D eigenvalue weighted by Gasteiger charge is -2.25. The summed E-state index contributed by atoms with van der Waals surface area (Å²) in [5.41, 5.74) is 0.969. The summed E-state index contributed by atoms with van der Waals surface area (Å²) in [6.07, 6.45) is 2.36. The number of halogens is 1. The first-order chi connectivity index (χ1) is 9.72. The van der Waals surface area contributed by atoms with Crippen molar-refractivity contribution in [1.29, 1.82) is 0 Å². The van der Waals surface area contributed by atoms with Gasteiger partial charge in [0.05, 0.1) is 12.7 Å². The zero-order chi connectivity index (χ0) is 13.9. The molecule has 0 saturated carbocycles. The van der Waals surface area contributed by atoms with Crippen LogP contribution >= 0.6 is 11.6 Å². The van der Waals surface area contributed by atoms with E-state index in [1.165, 1.54) is 0 Å². The van der Waals surface area contributed by atoms with Crippen LogP contribution in [0.1, 0.15) is 11.3 Å². The Morgan fingerprint density at radius 1 is 1.40 bits per heavy atom. The van der Waals surface area contributed by atoms with Crippen molar-refractivity contribution < 1.29 is 14.1 Å². The highest BCUT2D eigenvalue weighted by Crippen LogP contribution is 2.19. The van der Waals surface area contributed by atoms with Gasteiger partial charge in [0.2, 0.25) is 0 Å². The van der Waals surface area contributed by atoms with Gasteiger partial charge in [0.1, 0.15) is 11.5 Å². The third-order valence-electron chi connectivity index (χ3n) is 3.23. The van der Waals surface area contributed by atoms with Crippen LogP contribution in [-0.4, -0.2) is 29.1 Å². The monoisotopic (exact) mass is 292 g/mol. The second kappa shape index (κ2) is 5.54. The van der Waals surface area contributed by atoms with Gasteiger partial charge in [-0.05, 0) is 24.3 Å². The molecule has 2 aromatic rings. The van der Waals surface area contributed by atoms with E-state index in [4.69, 9.17) is 20.9 Å². The van der Waals surface area contributed by atoms with Crippen molar-refractivity contribution in [2.24, 2.45) is 0 Å². The predicted octanol–water partition coefficient (Wildman–Crippen LogP) is 2.29. The lowest BCUT2D eigenvalue weighted by molar-refractivity contribution is -0.134. The third kappa shape index (κ3) is 2.77. The zero-order valence-electron chi connectivity index (χ0n) is 10.7. The van der Waals surface area contributed by atoms with Crippen molar-refractivity contribution in [2.45, 2.75) is 13.0 Å². The normalized spacial score (nSPS) is 13.9. The minimum Gasteiger partial charge on any atom is -0.484 e. The molecule has 0 bridgehead atoms. The SMILES string of the molecule is O=C(COc1ccc(Cl)cc1)N1CCc2oncc2C1. The lowest BCUT2D eigenvalue weighted by atomic mass is 10.1. The second-order valence-corrected chi connectivity index (χ2v) is 5.02. The minimum atomic E-state index is -0.0493. The van der Waals surface area contributed by atoms with Crippen LogP contribution in [0.2, 0.25) is 5.02 Å². The topological polar surface area (TPSA) is 55.6 Å². The standard InChI is InChI=1S/C14H13ClN2O3/c15-11-1-3-12(4-2-11)19-9-14(18)17-6-5-13-10(8-17)7-16-20-13/h1-4,7H,5-6,8-9H2. The van der Waals surface area contributed by atoms with Crippen molar-refractivity contribution in [1.82, 2.24) is 10.1 Å². The summed E-state index contributed by atoms with van der Waals surface area (Å²) in [4.78, 5) is 13.8. The Labute approximate surface area is 121 Å². The van der Waals surface area contributed by atoms with Crippen LogP contribution in [0.25, 0.3) is 0 Å². The number of aromatic nitrogens is 1. The number of rotatable bonds is 3. The highest BCUT2D eigenvalue weighted by molar-refractivity contribution is 6.30. The van der Waals surface area contributed by atoms with Crippen LogP contribution in [0, 0.1) is 0 Å². The van der Waals surface area contributed by atoms with Gasteiger partial charge in [-0.1, -0.05) is 16.8 Å². The van der Waals surface area contributed by atoms with Crippen LogP contribution < -0.4 is 4.74 Å². The van der Waals surface area contributed by atoms with E-state index < -0.39 is 0 Å². The van der Waals surface area contributed by atoms with Crippen molar-refractivity contribution in [2.75, 3.05) is 13.2 Å². The maximum absolute atomic E-state index is 12.1. The summed E-state index contributed by atoms with van der Waals surface area (Å²) in [7, 11) is 0. The second-order valence-electron chi connectivity index (χ2n) is 4.58. The molecule has 0 N–H and O–H groups in total. The summed E-state index contributed by atoms with van der Waals surface area (Å²) in [6.45, 7) is 1.18. The minimum absolute atomic E-state index is 0.0161. The molecule has 0 saturated heterocycles. The first kappa shape index (κ1) is 13.0. The van der Waals surface area contributed by atoms with E-state index in [0.717, 1.165) is 11.3 Å². The number of hydrogen-bond donors (Lipinski definition) is 0. The molecule has 0 unspecified atom stereocenters. The molecule has 0 spiro atoms. The Bertz CT molecular complexity index is 609. The fourth-order valence-corrected chi connectivity index (χ4v) is 2.25. The van der Waals surface area contributed by atoms with Gasteiger partial charge < -0.3 is 14.2 Å². The molecule has 1 aromatic carbocycles. The molecule has 20 heavy (non-hydrogen) atoms. The number of benzene rings is 1. The zero-order valence-corrected chi connectivity index (χ0v) is 11.5. The first-order valence-corrected chi connectivity index (χ1v) is 6.69. The van der Waals surface area contributed by atoms with Gasteiger partial charge in [-0.15, -0.1) is 0 Å². The molecule has 0 aliphatic carbocycles. The van der Waals surface area contributed by atoms with Gasteiger partial charge in [-0.3, -0.25) is 4.79 Å². The van der Waals surface area contributed by atoms with Crippen LogP contribution in [0.3, 0.4) is 0 Å². The maximum Gasteiger partial charge on any atom is 0.260 e. The number of fused-ring (bicyclic) bond motifs is 1. The van der Waals surface area contributed by atoms with Gasteiger partial charge in [0, 0.05) is 23.6 Å². The molecular formula is C14H13ClN2O3. The first-order valence-electron chi connectivity index (χ1n) is 6.31. The smallest absolute Gasteiger partial charge is 0.260 e. The average molecular weight is 293 g/mol. The fraction of sp³-hybridized carbons (Fsp3) is 0.286. The molecule has 0 atom stereocenters. The predicted molar refractivity (Wildman–Crippen MR) is 72.6 cm³/mol. The van der Waals surface area contributed by atoms with Gasteiger partial charge in [-0.2, -0.15) is 0 Å². The largest absolute Gasteiger partial charge is 0.484 e. The van der Waals surface area contributed by atoms with E-state index in [1.807, 2.05) is 0 Å². The lowest BCUT2D eigenvalue weighted by Crippen LogP contribution is -2.38. The Balaban J connectivity index is 1.56. The highest BCUT2D eigenvalue weighted by atomic mass is 35.5. The van der Waals surface area contributed by atoms with E-state index in [9.17, 15) is 4.79 Å². The van der Waals surface area contributed by atoms with E-state index in [1.54, 1.807) is 35.4 Å². The molecule has 0 fully saturated rings. The van der Waals surface area contributed by atoms with Crippen molar-refractivity contribution >= 4 is 17.5 Å². The van der Waals surface area contributed by atoms with Gasteiger partial charge in [0.25, 0.3) is 5.91 Å². The van der Waals surface area contributed by atoms with E-state index in [0.29, 0.717) is 30.3 Å². The summed E-state index contributed by atoms with van der Waals surface area (Å²) < 4.78 is 10.5. The molecule has 6 heteroatoms. The van der Waals surface area contributed by atoms with Crippen LogP contribution in [0.15, 0.2) is 35.0 Å². The number of carbonyl (C=O) groups excluding carboxylic acids is 1. The van der Waals surface area contributed by atoms with Crippen LogP contribution in [0.4, 0.5) is 0 Å². The third-order valence-corrected chi connectivity index (χ3v) is 3.48. The average Bonchev–Trinajstić information content (AvgIpc) is 2.93. The summed E-state index contributed by atoms with van der Waals surface area (Å²) in [6, 6.07) is 6.94. The van der Waals surface area contributed by atoms with Crippen molar-refractivity contribution in [3.05, 3.63) is 46.8 Å².